The van der Waals surface area contributed by atoms with E-state index in [2.05, 4.69) is 10.2 Å². The smallest absolute Gasteiger partial charge is 0.277 e. The Morgan fingerprint density at radius 1 is 1.17 bits per heavy atom. The molecule has 24 heavy (non-hydrogen) atoms. The molecule has 6 heteroatoms. The van der Waals surface area contributed by atoms with Crippen LogP contribution in [-0.4, -0.2) is 21.2 Å². The summed E-state index contributed by atoms with van der Waals surface area (Å²) in [6.45, 7) is 1.85. The standard InChI is InChI=1S/C18H16N2O3S/c1-11-13(9-10-22-11)17-19-20-18(23-17)24-15-8-4-6-12-5-2-3-7-14(12)16(15)21/h2-3,5,7,9-10,15H,4,6,8H2,1H3. The molecule has 0 bridgehead atoms. The number of rotatable bonds is 3. The van der Waals surface area contributed by atoms with Crippen molar-refractivity contribution >= 4 is 17.5 Å². The lowest BCUT2D eigenvalue weighted by Crippen LogP contribution is -2.16. The minimum absolute atomic E-state index is 0.146. The molecule has 0 spiro atoms. The first-order valence-corrected chi connectivity index (χ1v) is 8.77. The highest BCUT2D eigenvalue weighted by atomic mass is 32.2. The highest BCUT2D eigenvalue weighted by molar-refractivity contribution is 8.00. The lowest BCUT2D eigenvalue weighted by atomic mass is 10.0. The van der Waals surface area contributed by atoms with Crippen molar-refractivity contribution < 1.29 is 13.6 Å². The van der Waals surface area contributed by atoms with Crippen LogP contribution in [0.1, 0.15) is 34.5 Å². The van der Waals surface area contributed by atoms with Crippen molar-refractivity contribution in [3.8, 4) is 11.5 Å². The molecule has 0 fully saturated rings. The molecule has 1 aromatic carbocycles. The van der Waals surface area contributed by atoms with Crippen molar-refractivity contribution in [3.05, 3.63) is 53.5 Å². The van der Waals surface area contributed by atoms with Crippen LogP contribution in [-0.2, 0) is 6.42 Å². The molecule has 2 heterocycles. The van der Waals surface area contributed by atoms with Gasteiger partial charge in [0, 0.05) is 5.56 Å². The Labute approximate surface area is 143 Å². The molecular weight excluding hydrogens is 324 g/mol. The second-order valence-electron chi connectivity index (χ2n) is 5.78. The topological polar surface area (TPSA) is 69.1 Å². The highest BCUT2D eigenvalue weighted by Gasteiger charge is 2.28. The third-order valence-corrected chi connectivity index (χ3v) is 5.33. The van der Waals surface area contributed by atoms with Crippen LogP contribution >= 0.6 is 11.8 Å². The van der Waals surface area contributed by atoms with Gasteiger partial charge in [0.1, 0.15) is 5.76 Å². The summed E-state index contributed by atoms with van der Waals surface area (Å²) in [6.07, 6.45) is 4.30. The molecule has 0 saturated heterocycles. The number of fused-ring (bicyclic) bond motifs is 1. The Balaban J connectivity index is 1.57. The molecule has 1 aliphatic rings. The predicted molar refractivity (Wildman–Crippen MR) is 90.1 cm³/mol. The molecule has 2 aromatic heterocycles. The van der Waals surface area contributed by atoms with E-state index in [1.54, 1.807) is 12.3 Å². The normalized spacial score (nSPS) is 17.5. The van der Waals surface area contributed by atoms with E-state index in [-0.39, 0.29) is 11.0 Å². The maximum absolute atomic E-state index is 12.8. The van der Waals surface area contributed by atoms with Crippen LogP contribution in [0.4, 0.5) is 0 Å². The lowest BCUT2D eigenvalue weighted by molar-refractivity contribution is 0.0988. The van der Waals surface area contributed by atoms with Crippen LogP contribution in [0.3, 0.4) is 0 Å². The number of furan rings is 1. The largest absolute Gasteiger partial charge is 0.469 e. The predicted octanol–water partition coefficient (Wildman–Crippen LogP) is 4.32. The quantitative estimate of drug-likeness (QED) is 0.662. The fourth-order valence-corrected chi connectivity index (χ4v) is 3.95. The summed E-state index contributed by atoms with van der Waals surface area (Å²) in [6, 6.07) is 9.63. The van der Waals surface area contributed by atoms with Crippen molar-refractivity contribution in [1.29, 1.82) is 0 Å². The molecule has 1 atom stereocenters. The van der Waals surface area contributed by atoms with Crippen molar-refractivity contribution in [3.63, 3.8) is 0 Å². The Morgan fingerprint density at radius 3 is 2.88 bits per heavy atom. The number of Topliss-reactive ketones (excluding diaryl/α,β-unsaturated/α-hetero) is 1. The number of ketones is 1. The maximum atomic E-state index is 12.8. The molecule has 0 saturated carbocycles. The summed E-state index contributed by atoms with van der Waals surface area (Å²) >= 11 is 1.35. The van der Waals surface area contributed by atoms with Crippen molar-refractivity contribution in [1.82, 2.24) is 10.2 Å². The van der Waals surface area contributed by atoms with E-state index >= 15 is 0 Å². The summed E-state index contributed by atoms with van der Waals surface area (Å²) in [5, 5.41) is 8.38. The third kappa shape index (κ3) is 2.78. The van der Waals surface area contributed by atoms with Crippen LogP contribution in [0.25, 0.3) is 11.5 Å². The van der Waals surface area contributed by atoms with Gasteiger partial charge in [0.2, 0.25) is 0 Å². The van der Waals surface area contributed by atoms with Crippen molar-refractivity contribution in [2.24, 2.45) is 0 Å². The minimum Gasteiger partial charge on any atom is -0.469 e. The first-order valence-electron chi connectivity index (χ1n) is 7.89. The average Bonchev–Trinajstić information content (AvgIpc) is 3.18. The number of hydrogen-bond donors (Lipinski definition) is 0. The first kappa shape index (κ1) is 15.2. The Hall–Kier alpha value is -2.34. The zero-order chi connectivity index (χ0) is 16.5. The van der Waals surface area contributed by atoms with Gasteiger partial charge in [0.15, 0.2) is 5.78 Å². The van der Waals surface area contributed by atoms with Gasteiger partial charge in [-0.2, -0.15) is 0 Å². The SMILES string of the molecule is Cc1occc1-c1nnc(SC2CCCc3ccccc3C2=O)o1. The van der Waals surface area contributed by atoms with Crippen LogP contribution in [0, 0.1) is 6.92 Å². The number of hydrogen-bond acceptors (Lipinski definition) is 6. The number of carbonyl (C=O) groups excluding carboxylic acids is 1. The zero-order valence-electron chi connectivity index (χ0n) is 13.2. The molecular formula is C18H16N2O3S. The van der Waals surface area contributed by atoms with E-state index in [0.717, 1.165) is 41.7 Å². The van der Waals surface area contributed by atoms with Gasteiger partial charge in [0.05, 0.1) is 17.1 Å². The number of aryl methyl sites for hydroxylation is 2. The molecule has 4 rings (SSSR count). The third-order valence-electron chi connectivity index (χ3n) is 4.23. The summed E-state index contributed by atoms with van der Waals surface area (Å²) in [4.78, 5) is 12.8. The molecule has 1 unspecified atom stereocenters. The van der Waals surface area contributed by atoms with Gasteiger partial charge < -0.3 is 8.83 Å². The molecule has 0 radical (unpaired) electrons. The fourth-order valence-electron chi connectivity index (χ4n) is 2.97. The lowest BCUT2D eigenvalue weighted by Gasteiger charge is -2.10. The Morgan fingerprint density at radius 2 is 2.04 bits per heavy atom. The fraction of sp³-hybridized carbons (Fsp3) is 0.278. The molecule has 0 aliphatic heterocycles. The summed E-state index contributed by atoms with van der Waals surface area (Å²) in [7, 11) is 0. The second-order valence-corrected chi connectivity index (χ2v) is 6.94. The van der Waals surface area contributed by atoms with E-state index in [1.165, 1.54) is 11.8 Å². The zero-order valence-corrected chi connectivity index (χ0v) is 14.0. The van der Waals surface area contributed by atoms with E-state index in [4.69, 9.17) is 8.83 Å². The van der Waals surface area contributed by atoms with Gasteiger partial charge in [-0.1, -0.05) is 36.0 Å². The van der Waals surface area contributed by atoms with Gasteiger partial charge >= 0.3 is 0 Å². The first-order chi connectivity index (χ1) is 11.7. The van der Waals surface area contributed by atoms with Gasteiger partial charge in [-0.15, -0.1) is 10.2 Å². The molecule has 1 aliphatic carbocycles. The minimum atomic E-state index is -0.188. The summed E-state index contributed by atoms with van der Waals surface area (Å²) < 4.78 is 11.0. The summed E-state index contributed by atoms with van der Waals surface area (Å²) in [5.41, 5.74) is 2.73. The van der Waals surface area contributed by atoms with E-state index in [0.29, 0.717) is 11.1 Å². The number of nitrogens with zero attached hydrogens (tertiary/aromatic N) is 2. The van der Waals surface area contributed by atoms with E-state index in [9.17, 15) is 4.79 Å². The van der Waals surface area contributed by atoms with Crippen LogP contribution < -0.4 is 0 Å². The van der Waals surface area contributed by atoms with E-state index in [1.807, 2.05) is 31.2 Å². The molecule has 3 aromatic rings. The highest BCUT2D eigenvalue weighted by Crippen LogP contribution is 2.34. The Bertz CT molecular complexity index is 884. The number of thioether (sulfide) groups is 1. The number of benzene rings is 1. The van der Waals surface area contributed by atoms with Gasteiger partial charge in [0.25, 0.3) is 11.1 Å². The summed E-state index contributed by atoms with van der Waals surface area (Å²) in [5.74, 6) is 1.30. The molecule has 122 valence electrons. The van der Waals surface area contributed by atoms with E-state index < -0.39 is 0 Å². The molecule has 0 amide bonds. The number of carbonyl (C=O) groups is 1. The van der Waals surface area contributed by atoms with Gasteiger partial charge in [-0.25, -0.2) is 0 Å². The van der Waals surface area contributed by atoms with Crippen LogP contribution in [0.5, 0.6) is 0 Å². The average molecular weight is 340 g/mol. The van der Waals surface area contributed by atoms with Crippen molar-refractivity contribution in [2.75, 3.05) is 0 Å². The molecule has 5 nitrogen and oxygen atoms in total. The van der Waals surface area contributed by atoms with Gasteiger partial charge in [-0.3, -0.25) is 4.79 Å². The Kier molecular flexibility index (Phi) is 3.98. The molecule has 0 N–H and O–H groups in total. The number of aromatic nitrogens is 2. The second kappa shape index (κ2) is 6.28. The maximum Gasteiger partial charge on any atom is 0.277 e. The van der Waals surface area contributed by atoms with Crippen molar-refractivity contribution in [2.45, 2.75) is 36.7 Å². The van der Waals surface area contributed by atoms with Crippen LogP contribution in [0.2, 0.25) is 0 Å². The van der Waals surface area contributed by atoms with Crippen LogP contribution in [0.15, 0.2) is 50.7 Å². The van der Waals surface area contributed by atoms with Gasteiger partial charge in [-0.05, 0) is 37.8 Å². The monoisotopic (exact) mass is 340 g/mol.